The van der Waals surface area contributed by atoms with Crippen molar-refractivity contribution >= 4 is 34.1 Å². The highest BCUT2D eigenvalue weighted by molar-refractivity contribution is 5.75. The van der Waals surface area contributed by atoms with E-state index in [9.17, 15) is 0 Å². The largest absolute Gasteiger partial charge is 0.356 e. The zero-order valence-corrected chi connectivity index (χ0v) is 22.1. The zero-order valence-electron chi connectivity index (χ0n) is 22.1. The number of anilines is 6. The summed E-state index contributed by atoms with van der Waals surface area (Å²) in [5, 5.41) is 3.58. The van der Waals surface area contributed by atoms with E-state index >= 15 is 0 Å². The first-order valence-electron chi connectivity index (χ1n) is 13.8. The molecule has 39 heavy (non-hydrogen) atoms. The number of hydrogen-bond donors (Lipinski definition) is 1. The van der Waals surface area contributed by atoms with Crippen LogP contribution < -0.4 is 15.1 Å². The Morgan fingerprint density at radius 3 is 1.15 bits per heavy atom. The molecule has 0 saturated carbocycles. The van der Waals surface area contributed by atoms with Crippen molar-refractivity contribution in [3.05, 3.63) is 157 Å². The van der Waals surface area contributed by atoms with E-state index in [1.165, 1.54) is 11.4 Å². The lowest BCUT2D eigenvalue weighted by Gasteiger charge is -2.28. The number of para-hydroxylation sites is 2. The highest BCUT2D eigenvalue weighted by atomic mass is 15.2. The molecule has 192 valence electrons. The van der Waals surface area contributed by atoms with Gasteiger partial charge in [0, 0.05) is 45.5 Å². The maximum Gasteiger partial charge on any atom is 0.0462 e. The molecular formula is C36H33N3. The Labute approximate surface area is 231 Å². The average molecular weight is 508 g/mol. The van der Waals surface area contributed by atoms with Crippen molar-refractivity contribution in [1.29, 1.82) is 0 Å². The molecule has 2 aliphatic rings. The lowest BCUT2D eigenvalue weighted by molar-refractivity contribution is 0.997. The molecule has 4 aromatic rings. The monoisotopic (exact) mass is 507 g/mol. The van der Waals surface area contributed by atoms with E-state index in [2.05, 4.69) is 161 Å². The average Bonchev–Trinajstić information content (AvgIpc) is 3.01. The molecule has 0 heterocycles. The highest BCUT2D eigenvalue weighted by Gasteiger charge is 2.15. The van der Waals surface area contributed by atoms with Gasteiger partial charge in [0.15, 0.2) is 0 Å². The zero-order chi connectivity index (χ0) is 26.3. The first-order chi connectivity index (χ1) is 19.3. The number of rotatable bonds is 8. The first kappa shape index (κ1) is 24.6. The molecule has 4 aromatic carbocycles. The maximum atomic E-state index is 3.58. The number of nitrogens with one attached hydrogen (secondary N) is 1. The Bertz CT molecular complexity index is 1380. The summed E-state index contributed by atoms with van der Waals surface area (Å²) in [7, 11) is 0. The van der Waals surface area contributed by atoms with Crippen molar-refractivity contribution in [2.75, 3.05) is 15.1 Å². The predicted octanol–water partition coefficient (Wildman–Crippen LogP) is 10.2. The fourth-order valence-corrected chi connectivity index (χ4v) is 5.13. The van der Waals surface area contributed by atoms with Crippen molar-refractivity contribution in [1.82, 2.24) is 0 Å². The van der Waals surface area contributed by atoms with Gasteiger partial charge in [-0.1, -0.05) is 60.7 Å². The molecule has 0 radical (unpaired) electrons. The number of allylic oxidation sites excluding steroid dienone is 6. The van der Waals surface area contributed by atoms with E-state index in [4.69, 9.17) is 0 Å². The fraction of sp³-hybridized carbons (Fsp3) is 0.111. The molecule has 2 aliphatic carbocycles. The van der Waals surface area contributed by atoms with Gasteiger partial charge in [0.2, 0.25) is 0 Å². The van der Waals surface area contributed by atoms with Gasteiger partial charge in [-0.2, -0.15) is 0 Å². The van der Waals surface area contributed by atoms with Crippen molar-refractivity contribution in [2.24, 2.45) is 0 Å². The Balaban J connectivity index is 1.22. The normalized spacial score (nSPS) is 14.4. The van der Waals surface area contributed by atoms with E-state index in [0.29, 0.717) is 0 Å². The minimum atomic E-state index is 1.06. The van der Waals surface area contributed by atoms with Gasteiger partial charge >= 0.3 is 0 Å². The second-order valence-electron chi connectivity index (χ2n) is 9.78. The summed E-state index contributed by atoms with van der Waals surface area (Å²) in [5.74, 6) is 0. The van der Waals surface area contributed by atoms with E-state index in [-0.39, 0.29) is 0 Å². The molecule has 0 aliphatic heterocycles. The van der Waals surface area contributed by atoms with Crippen LogP contribution in [0.25, 0.3) is 0 Å². The Kier molecular flexibility index (Phi) is 7.40. The number of nitrogens with zero attached hydrogens (tertiary/aromatic N) is 2. The summed E-state index contributed by atoms with van der Waals surface area (Å²) in [4.78, 5) is 4.64. The summed E-state index contributed by atoms with van der Waals surface area (Å²) in [6.45, 7) is 0. The molecule has 0 fully saturated rings. The molecule has 0 spiro atoms. The fourth-order valence-electron chi connectivity index (χ4n) is 5.13. The number of benzene rings is 4. The SMILES string of the molecule is C1=CC(N(c2ccccc2)c2ccc(Nc3ccc(N(C4=CCCC=C4)c4ccccc4)cc3)cc2)=CCC1. The van der Waals surface area contributed by atoms with Crippen LogP contribution in [0.3, 0.4) is 0 Å². The van der Waals surface area contributed by atoms with Gasteiger partial charge in [0.05, 0.1) is 0 Å². The lowest BCUT2D eigenvalue weighted by atomic mass is 10.1. The summed E-state index contributed by atoms with van der Waals surface area (Å²) >= 11 is 0. The smallest absolute Gasteiger partial charge is 0.0462 e. The molecule has 3 nitrogen and oxygen atoms in total. The van der Waals surface area contributed by atoms with Crippen LogP contribution in [-0.2, 0) is 0 Å². The van der Waals surface area contributed by atoms with Crippen molar-refractivity contribution in [3.8, 4) is 0 Å². The second kappa shape index (κ2) is 11.7. The van der Waals surface area contributed by atoms with Crippen molar-refractivity contribution in [3.63, 3.8) is 0 Å². The Morgan fingerprint density at radius 1 is 0.410 bits per heavy atom. The molecule has 3 heteroatoms. The number of hydrogen-bond acceptors (Lipinski definition) is 3. The topological polar surface area (TPSA) is 18.5 Å². The van der Waals surface area contributed by atoms with E-state index in [1.807, 2.05) is 0 Å². The minimum Gasteiger partial charge on any atom is -0.356 e. The molecule has 1 N–H and O–H groups in total. The minimum absolute atomic E-state index is 1.06. The molecule has 0 amide bonds. The van der Waals surface area contributed by atoms with Gasteiger partial charge in [0.1, 0.15) is 0 Å². The third-order valence-electron chi connectivity index (χ3n) is 7.04. The summed E-state index contributed by atoms with van der Waals surface area (Å²) in [5.41, 5.74) is 9.18. The van der Waals surface area contributed by atoms with Gasteiger partial charge in [-0.25, -0.2) is 0 Å². The van der Waals surface area contributed by atoms with Gasteiger partial charge in [-0.15, -0.1) is 0 Å². The van der Waals surface area contributed by atoms with E-state index in [0.717, 1.165) is 59.8 Å². The molecule has 0 bridgehead atoms. The van der Waals surface area contributed by atoms with Crippen molar-refractivity contribution < 1.29 is 0 Å². The summed E-state index contributed by atoms with van der Waals surface area (Å²) in [6, 6.07) is 38.5. The van der Waals surface area contributed by atoms with Crippen LogP contribution in [0.15, 0.2) is 157 Å². The Morgan fingerprint density at radius 2 is 0.795 bits per heavy atom. The Hall–Kier alpha value is -4.76. The summed E-state index contributed by atoms with van der Waals surface area (Å²) in [6.07, 6.45) is 17.9. The molecule has 0 atom stereocenters. The van der Waals surface area contributed by atoms with Gasteiger partial charge in [0.25, 0.3) is 0 Å². The molecule has 0 aromatic heterocycles. The van der Waals surface area contributed by atoms with Gasteiger partial charge in [-0.3, -0.25) is 0 Å². The molecule has 0 saturated heterocycles. The standard InChI is InChI=1S/C36H33N3/c1-5-13-31(14-6-1)38(32-15-7-2-8-16-32)35-25-21-29(22-26-35)37-30-23-27-36(28-24-30)39(33-17-9-3-10-18-33)34-19-11-4-12-20-34/h1,3,5-7,9-11,13-28,37H,2,4,8,12H2. The first-order valence-corrected chi connectivity index (χ1v) is 13.8. The lowest BCUT2D eigenvalue weighted by Crippen LogP contribution is -2.16. The molecular weight excluding hydrogens is 474 g/mol. The van der Waals surface area contributed by atoms with E-state index in [1.54, 1.807) is 0 Å². The van der Waals surface area contributed by atoms with E-state index < -0.39 is 0 Å². The predicted molar refractivity (Wildman–Crippen MR) is 166 cm³/mol. The van der Waals surface area contributed by atoms with Crippen molar-refractivity contribution in [2.45, 2.75) is 25.7 Å². The molecule has 0 unspecified atom stereocenters. The van der Waals surface area contributed by atoms with Crippen LogP contribution in [0.1, 0.15) is 25.7 Å². The highest BCUT2D eigenvalue weighted by Crippen LogP contribution is 2.35. The summed E-state index contributed by atoms with van der Waals surface area (Å²) < 4.78 is 0. The van der Waals surface area contributed by atoms with Crippen LogP contribution in [0.4, 0.5) is 34.1 Å². The van der Waals surface area contributed by atoms with Crippen LogP contribution in [0, 0.1) is 0 Å². The van der Waals surface area contributed by atoms with Crippen LogP contribution in [0.5, 0.6) is 0 Å². The maximum absolute atomic E-state index is 3.58. The van der Waals surface area contributed by atoms with Crippen LogP contribution >= 0.6 is 0 Å². The third kappa shape index (κ3) is 5.73. The van der Waals surface area contributed by atoms with Crippen LogP contribution in [0.2, 0.25) is 0 Å². The van der Waals surface area contributed by atoms with Crippen LogP contribution in [-0.4, -0.2) is 0 Å². The van der Waals surface area contributed by atoms with Gasteiger partial charge in [-0.05, 0) is 111 Å². The quantitative estimate of drug-likeness (QED) is 0.256. The van der Waals surface area contributed by atoms with Gasteiger partial charge < -0.3 is 15.1 Å². The second-order valence-corrected chi connectivity index (χ2v) is 9.78. The molecule has 6 rings (SSSR count). The third-order valence-corrected chi connectivity index (χ3v) is 7.04.